The van der Waals surface area contributed by atoms with Gasteiger partial charge < -0.3 is 5.32 Å². The van der Waals surface area contributed by atoms with Gasteiger partial charge in [-0.1, -0.05) is 29.3 Å². The number of carbonyl (C=O) groups excluding carboxylic acids is 1. The predicted octanol–water partition coefficient (Wildman–Crippen LogP) is 4.31. The molecule has 0 aliphatic carbocycles. The number of sulfonamides is 1. The van der Waals surface area contributed by atoms with Crippen LogP contribution in [0.3, 0.4) is 0 Å². The van der Waals surface area contributed by atoms with Crippen molar-refractivity contribution >= 4 is 38.9 Å². The second-order valence-corrected chi connectivity index (χ2v) is 9.69. The Morgan fingerprint density at radius 2 is 1.73 bits per heavy atom. The van der Waals surface area contributed by atoms with E-state index in [-0.39, 0.29) is 10.8 Å². The quantitative estimate of drug-likeness (QED) is 0.442. The zero-order valence-electron chi connectivity index (χ0n) is 17.8. The molecule has 0 unspecified atom stereocenters. The Morgan fingerprint density at radius 1 is 1.03 bits per heavy atom. The molecule has 33 heavy (non-hydrogen) atoms. The molecule has 10 heteroatoms. The number of carbonyl (C=O) groups is 1. The lowest BCUT2D eigenvalue weighted by Gasteiger charge is -2.20. The Morgan fingerprint density at radius 3 is 2.36 bits per heavy atom. The first kappa shape index (κ1) is 22.5. The number of halogens is 1. The van der Waals surface area contributed by atoms with Crippen LogP contribution in [-0.4, -0.2) is 36.1 Å². The molecule has 0 saturated heterocycles. The van der Waals surface area contributed by atoms with Crippen molar-refractivity contribution in [3.05, 3.63) is 95.5 Å². The van der Waals surface area contributed by atoms with Crippen LogP contribution in [0.25, 0.3) is 5.69 Å². The van der Waals surface area contributed by atoms with Crippen LogP contribution in [0.5, 0.6) is 0 Å². The summed E-state index contributed by atoms with van der Waals surface area (Å²) in [4.78, 5) is 17.0. The molecule has 3 aromatic carbocycles. The highest BCUT2D eigenvalue weighted by molar-refractivity contribution is 7.92. The molecule has 0 spiro atoms. The zero-order chi connectivity index (χ0) is 23.6. The van der Waals surface area contributed by atoms with E-state index in [1.165, 1.54) is 28.7 Å². The summed E-state index contributed by atoms with van der Waals surface area (Å²) in [6, 6.07) is 17.9. The Hall–Kier alpha value is -3.69. The number of nitrogens with one attached hydrogen (secondary N) is 1. The molecule has 1 aromatic heterocycles. The number of hydrogen-bond acceptors (Lipinski definition) is 5. The van der Waals surface area contributed by atoms with Crippen molar-refractivity contribution in [2.24, 2.45) is 0 Å². The number of benzene rings is 3. The van der Waals surface area contributed by atoms with Crippen molar-refractivity contribution in [2.45, 2.75) is 11.8 Å². The normalized spacial score (nSPS) is 11.2. The molecule has 0 bridgehead atoms. The molecule has 4 aromatic rings. The van der Waals surface area contributed by atoms with Crippen LogP contribution >= 0.6 is 11.6 Å². The third-order valence-electron chi connectivity index (χ3n) is 5.04. The first-order valence-corrected chi connectivity index (χ1v) is 11.7. The largest absolute Gasteiger partial charge is 0.320 e. The molecule has 1 heterocycles. The lowest BCUT2D eigenvalue weighted by molar-refractivity contribution is 0.102. The summed E-state index contributed by atoms with van der Waals surface area (Å²) in [5, 5.41) is 7.36. The highest BCUT2D eigenvalue weighted by Crippen LogP contribution is 2.26. The van der Waals surface area contributed by atoms with Crippen molar-refractivity contribution in [3.63, 3.8) is 0 Å². The fourth-order valence-electron chi connectivity index (χ4n) is 3.17. The monoisotopic (exact) mass is 481 g/mol. The number of nitrogens with zero attached hydrogens (tertiary/aromatic N) is 4. The van der Waals surface area contributed by atoms with Gasteiger partial charge in [0, 0.05) is 17.6 Å². The highest BCUT2D eigenvalue weighted by Gasteiger charge is 2.21. The van der Waals surface area contributed by atoms with Gasteiger partial charge in [-0.3, -0.25) is 9.10 Å². The molecule has 0 fully saturated rings. The number of amides is 1. The van der Waals surface area contributed by atoms with Crippen molar-refractivity contribution in [1.29, 1.82) is 0 Å². The Bertz CT molecular complexity index is 1390. The first-order valence-electron chi connectivity index (χ1n) is 9.87. The fourth-order valence-corrected chi connectivity index (χ4v) is 4.53. The Labute approximate surface area is 196 Å². The maximum absolute atomic E-state index is 12.9. The second kappa shape index (κ2) is 9.05. The van der Waals surface area contributed by atoms with Crippen LogP contribution in [0, 0.1) is 6.92 Å². The average molecular weight is 482 g/mol. The van der Waals surface area contributed by atoms with E-state index in [1.54, 1.807) is 66.7 Å². The van der Waals surface area contributed by atoms with Gasteiger partial charge in [-0.15, -0.1) is 0 Å². The minimum atomic E-state index is -3.72. The summed E-state index contributed by atoms with van der Waals surface area (Å²) in [5.74, 6) is -0.380. The van der Waals surface area contributed by atoms with Crippen molar-refractivity contribution in [3.8, 4) is 5.69 Å². The van der Waals surface area contributed by atoms with Gasteiger partial charge in [0.1, 0.15) is 12.7 Å². The molecule has 1 amide bonds. The van der Waals surface area contributed by atoms with Gasteiger partial charge in [-0.05, 0) is 61.5 Å². The van der Waals surface area contributed by atoms with Crippen LogP contribution in [0.15, 0.2) is 84.3 Å². The van der Waals surface area contributed by atoms with Gasteiger partial charge in [0.15, 0.2) is 0 Å². The van der Waals surface area contributed by atoms with E-state index in [1.807, 2.05) is 6.92 Å². The third kappa shape index (κ3) is 4.74. The van der Waals surface area contributed by atoms with E-state index in [2.05, 4.69) is 15.4 Å². The molecule has 0 radical (unpaired) electrons. The predicted molar refractivity (Wildman–Crippen MR) is 128 cm³/mol. The van der Waals surface area contributed by atoms with Gasteiger partial charge in [-0.2, -0.15) is 5.10 Å². The first-order chi connectivity index (χ1) is 15.8. The minimum absolute atomic E-state index is 0.194. The van der Waals surface area contributed by atoms with E-state index in [4.69, 9.17) is 11.6 Å². The summed E-state index contributed by atoms with van der Waals surface area (Å²) < 4.78 is 28.5. The molecule has 0 saturated carbocycles. The van der Waals surface area contributed by atoms with Gasteiger partial charge in [0.25, 0.3) is 15.9 Å². The van der Waals surface area contributed by atoms with Crippen LogP contribution in [-0.2, 0) is 10.0 Å². The number of aryl methyl sites for hydroxylation is 1. The van der Waals surface area contributed by atoms with Crippen LogP contribution in [0.4, 0.5) is 11.4 Å². The molecule has 168 valence electrons. The van der Waals surface area contributed by atoms with Crippen molar-refractivity contribution in [1.82, 2.24) is 14.8 Å². The van der Waals surface area contributed by atoms with E-state index >= 15 is 0 Å². The van der Waals surface area contributed by atoms with Crippen molar-refractivity contribution in [2.75, 3.05) is 16.7 Å². The second-order valence-electron chi connectivity index (χ2n) is 7.29. The molecule has 0 aliphatic heterocycles. The molecule has 4 rings (SSSR count). The van der Waals surface area contributed by atoms with E-state index < -0.39 is 10.0 Å². The van der Waals surface area contributed by atoms with Gasteiger partial charge in [0.05, 0.1) is 22.0 Å². The van der Waals surface area contributed by atoms with Crippen molar-refractivity contribution < 1.29 is 13.2 Å². The number of aromatic nitrogens is 3. The zero-order valence-corrected chi connectivity index (χ0v) is 19.4. The Kier molecular flexibility index (Phi) is 6.17. The molecule has 1 N–H and O–H groups in total. The molecular weight excluding hydrogens is 462 g/mol. The lowest BCUT2D eigenvalue weighted by Crippen LogP contribution is -2.26. The molecule has 8 nitrogen and oxygen atoms in total. The summed E-state index contributed by atoms with van der Waals surface area (Å²) in [6.07, 6.45) is 2.90. The molecular formula is C23H20ClN5O3S. The number of rotatable bonds is 6. The standard InChI is InChI=1S/C23H20ClN5O3S/c1-16-3-10-20(11-4-16)33(31,32)28(2)19-8-5-17(6-9-19)23(30)27-21-13-18(24)7-12-22(21)29-15-25-14-26-29/h3-15H,1-2H3,(H,27,30). The maximum Gasteiger partial charge on any atom is 0.264 e. The summed E-state index contributed by atoms with van der Waals surface area (Å²) in [7, 11) is -2.25. The lowest BCUT2D eigenvalue weighted by atomic mass is 10.2. The van der Waals surface area contributed by atoms with Gasteiger partial charge in [0.2, 0.25) is 0 Å². The van der Waals surface area contributed by atoms with Gasteiger partial charge >= 0.3 is 0 Å². The Balaban J connectivity index is 1.55. The third-order valence-corrected chi connectivity index (χ3v) is 7.08. The van der Waals surface area contributed by atoms with Gasteiger partial charge in [-0.25, -0.2) is 18.1 Å². The van der Waals surface area contributed by atoms with Crippen LogP contribution in [0.1, 0.15) is 15.9 Å². The summed E-state index contributed by atoms with van der Waals surface area (Å²) in [5.41, 5.74) is 2.81. The summed E-state index contributed by atoms with van der Waals surface area (Å²) >= 11 is 6.11. The maximum atomic E-state index is 12.9. The van der Waals surface area contributed by atoms with E-state index in [9.17, 15) is 13.2 Å². The molecule has 0 atom stereocenters. The fraction of sp³-hybridized carbons (Fsp3) is 0.0870. The van der Waals surface area contributed by atoms with E-state index in [0.29, 0.717) is 27.6 Å². The highest BCUT2D eigenvalue weighted by atomic mass is 35.5. The SMILES string of the molecule is Cc1ccc(S(=O)(=O)N(C)c2ccc(C(=O)Nc3cc(Cl)ccc3-n3cncn3)cc2)cc1. The number of anilines is 2. The minimum Gasteiger partial charge on any atom is -0.320 e. The smallest absolute Gasteiger partial charge is 0.264 e. The topological polar surface area (TPSA) is 97.2 Å². The van der Waals surface area contributed by atoms with Crippen LogP contribution < -0.4 is 9.62 Å². The average Bonchev–Trinajstić information content (AvgIpc) is 3.34. The summed E-state index contributed by atoms with van der Waals surface area (Å²) in [6.45, 7) is 1.89. The van der Waals surface area contributed by atoms with Crippen LogP contribution in [0.2, 0.25) is 5.02 Å². The molecule has 0 aliphatic rings. The number of hydrogen-bond donors (Lipinski definition) is 1. The van der Waals surface area contributed by atoms with E-state index in [0.717, 1.165) is 5.56 Å².